The fraction of sp³-hybridized carbons (Fsp3) is 0.217. The van der Waals surface area contributed by atoms with Crippen molar-refractivity contribution in [2.75, 3.05) is 31.5 Å². The van der Waals surface area contributed by atoms with Crippen molar-refractivity contribution in [3.63, 3.8) is 0 Å². The Morgan fingerprint density at radius 1 is 0.968 bits per heavy atom. The highest BCUT2D eigenvalue weighted by Gasteiger charge is 2.23. The molecule has 5 nitrogen and oxygen atoms in total. The van der Waals surface area contributed by atoms with Crippen LogP contribution in [0.5, 0.6) is 0 Å². The molecule has 160 valence electrons. The van der Waals surface area contributed by atoms with Gasteiger partial charge in [-0.2, -0.15) is 0 Å². The van der Waals surface area contributed by atoms with E-state index in [9.17, 15) is 9.59 Å². The first-order valence-corrected chi connectivity index (χ1v) is 11.5. The van der Waals surface area contributed by atoms with Gasteiger partial charge in [0, 0.05) is 43.3 Å². The van der Waals surface area contributed by atoms with Gasteiger partial charge in [-0.1, -0.05) is 41.4 Å². The van der Waals surface area contributed by atoms with E-state index in [0.29, 0.717) is 34.2 Å². The summed E-state index contributed by atoms with van der Waals surface area (Å²) in [6.07, 6.45) is 0. The van der Waals surface area contributed by atoms with Crippen LogP contribution in [0, 0.1) is 0 Å². The van der Waals surface area contributed by atoms with Crippen LogP contribution in [0.15, 0.2) is 60.0 Å². The molecule has 1 N–H and O–H groups in total. The molecule has 0 bridgehead atoms. The van der Waals surface area contributed by atoms with Crippen LogP contribution in [-0.4, -0.2) is 47.8 Å². The number of nitrogens with one attached hydrogen (secondary N) is 1. The Hall–Kier alpha value is -2.38. The van der Waals surface area contributed by atoms with Crippen LogP contribution in [0.1, 0.15) is 25.6 Å². The lowest BCUT2D eigenvalue weighted by Crippen LogP contribution is -2.48. The molecular weight excluding hydrogens is 453 g/mol. The molecule has 1 aliphatic rings. The first kappa shape index (κ1) is 21.8. The fourth-order valence-corrected chi connectivity index (χ4v) is 4.53. The maximum atomic E-state index is 13.0. The lowest BCUT2D eigenvalue weighted by molar-refractivity contribution is 0.0628. The first-order chi connectivity index (χ1) is 15.0. The van der Waals surface area contributed by atoms with Crippen LogP contribution >= 0.6 is 34.5 Å². The Morgan fingerprint density at radius 3 is 2.48 bits per heavy atom. The Bertz CT molecular complexity index is 1080. The van der Waals surface area contributed by atoms with Crippen LogP contribution in [0.2, 0.25) is 10.0 Å². The van der Waals surface area contributed by atoms with Crippen LogP contribution in [0.3, 0.4) is 0 Å². The molecule has 31 heavy (non-hydrogen) atoms. The van der Waals surface area contributed by atoms with E-state index in [-0.39, 0.29) is 11.8 Å². The molecule has 0 saturated carbocycles. The number of halogens is 2. The minimum Gasteiger partial charge on any atom is -0.336 e. The number of thiophene rings is 1. The molecule has 1 saturated heterocycles. The van der Waals surface area contributed by atoms with Gasteiger partial charge in [-0.15, -0.1) is 11.3 Å². The molecule has 2 aromatic carbocycles. The summed E-state index contributed by atoms with van der Waals surface area (Å²) in [4.78, 5) is 30.1. The van der Waals surface area contributed by atoms with E-state index < -0.39 is 0 Å². The summed E-state index contributed by atoms with van der Waals surface area (Å²) in [5, 5.41) is 5.76. The van der Waals surface area contributed by atoms with E-state index in [4.69, 9.17) is 23.2 Å². The summed E-state index contributed by atoms with van der Waals surface area (Å²) in [6, 6.07) is 16.4. The quantitative estimate of drug-likeness (QED) is 0.549. The monoisotopic (exact) mass is 473 g/mol. The number of amides is 2. The van der Waals surface area contributed by atoms with Crippen molar-refractivity contribution >= 4 is 52.0 Å². The largest absolute Gasteiger partial charge is 0.336 e. The van der Waals surface area contributed by atoms with E-state index in [0.717, 1.165) is 30.2 Å². The third-order valence-corrected chi connectivity index (χ3v) is 6.59. The number of rotatable bonds is 5. The van der Waals surface area contributed by atoms with Crippen molar-refractivity contribution in [3.05, 3.63) is 86.0 Å². The summed E-state index contributed by atoms with van der Waals surface area (Å²) in [6.45, 7) is 3.65. The molecule has 3 aromatic rings. The number of benzene rings is 2. The minimum atomic E-state index is -0.240. The summed E-state index contributed by atoms with van der Waals surface area (Å²) in [5.41, 5.74) is 2.11. The highest BCUT2D eigenvalue weighted by molar-refractivity contribution is 7.12. The standard InChI is InChI=1S/C23H21Cl2N3O2S/c24-18-4-1-3-16(13-18)15-27-8-10-28(11-9-27)23(30)17-6-7-19(25)20(14-17)26-22(29)21-5-2-12-31-21/h1-7,12-14H,8-11,15H2,(H,26,29). The second-order valence-corrected chi connectivity index (χ2v) is 9.12. The van der Waals surface area contributed by atoms with Gasteiger partial charge in [-0.25, -0.2) is 0 Å². The topological polar surface area (TPSA) is 52.7 Å². The number of hydrogen-bond acceptors (Lipinski definition) is 4. The van der Waals surface area contributed by atoms with E-state index >= 15 is 0 Å². The van der Waals surface area contributed by atoms with Crippen molar-refractivity contribution in [2.45, 2.75) is 6.54 Å². The third-order valence-electron chi connectivity index (χ3n) is 5.16. The van der Waals surface area contributed by atoms with Gasteiger partial charge in [0.15, 0.2) is 0 Å². The number of carbonyl (C=O) groups is 2. The molecule has 2 heterocycles. The van der Waals surface area contributed by atoms with Crippen LogP contribution in [0.4, 0.5) is 5.69 Å². The van der Waals surface area contributed by atoms with Crippen LogP contribution in [-0.2, 0) is 6.54 Å². The van der Waals surface area contributed by atoms with Gasteiger partial charge >= 0.3 is 0 Å². The first-order valence-electron chi connectivity index (χ1n) is 9.90. The second kappa shape index (κ2) is 9.83. The zero-order valence-electron chi connectivity index (χ0n) is 16.7. The van der Waals surface area contributed by atoms with E-state index in [1.165, 1.54) is 11.3 Å². The van der Waals surface area contributed by atoms with Gasteiger partial charge in [-0.3, -0.25) is 14.5 Å². The molecule has 0 radical (unpaired) electrons. The van der Waals surface area contributed by atoms with Crippen LogP contribution in [0.25, 0.3) is 0 Å². The molecule has 0 unspecified atom stereocenters. The lowest BCUT2D eigenvalue weighted by atomic mass is 10.1. The number of piperazine rings is 1. The number of hydrogen-bond donors (Lipinski definition) is 1. The molecular formula is C23H21Cl2N3O2S. The average molecular weight is 474 g/mol. The minimum absolute atomic E-state index is 0.0642. The zero-order chi connectivity index (χ0) is 21.8. The van der Waals surface area contributed by atoms with Gasteiger partial charge < -0.3 is 10.2 Å². The molecule has 0 atom stereocenters. The SMILES string of the molecule is O=C(Nc1cc(C(=O)N2CCN(Cc3cccc(Cl)c3)CC2)ccc1Cl)c1cccs1. The molecule has 0 aliphatic carbocycles. The number of carbonyl (C=O) groups excluding carboxylic acids is 2. The van der Waals surface area contributed by atoms with Crippen molar-refractivity contribution in [1.29, 1.82) is 0 Å². The number of anilines is 1. The van der Waals surface area contributed by atoms with Crippen molar-refractivity contribution in [2.24, 2.45) is 0 Å². The molecule has 4 rings (SSSR count). The highest BCUT2D eigenvalue weighted by Crippen LogP contribution is 2.25. The number of nitrogens with zero attached hydrogens (tertiary/aromatic N) is 2. The van der Waals surface area contributed by atoms with Gasteiger partial charge in [0.25, 0.3) is 11.8 Å². The summed E-state index contributed by atoms with van der Waals surface area (Å²) in [7, 11) is 0. The van der Waals surface area contributed by atoms with E-state index in [2.05, 4.69) is 16.3 Å². The Morgan fingerprint density at radius 2 is 1.77 bits per heavy atom. The predicted molar refractivity (Wildman–Crippen MR) is 126 cm³/mol. The summed E-state index contributed by atoms with van der Waals surface area (Å²) >= 11 is 13.7. The molecule has 1 fully saturated rings. The zero-order valence-corrected chi connectivity index (χ0v) is 19.0. The molecule has 1 aromatic heterocycles. The van der Waals surface area contributed by atoms with Crippen molar-refractivity contribution in [1.82, 2.24) is 9.80 Å². The molecule has 0 spiro atoms. The predicted octanol–water partition coefficient (Wildman–Crippen LogP) is 5.27. The molecule has 1 aliphatic heterocycles. The summed E-state index contributed by atoms with van der Waals surface area (Å²) < 4.78 is 0. The maximum absolute atomic E-state index is 13.0. The Labute approximate surface area is 195 Å². The molecule has 8 heteroatoms. The van der Waals surface area contributed by atoms with E-state index in [1.807, 2.05) is 34.5 Å². The van der Waals surface area contributed by atoms with Gasteiger partial charge in [0.1, 0.15) is 0 Å². The summed E-state index contributed by atoms with van der Waals surface area (Å²) in [5.74, 6) is -0.304. The Kier molecular flexibility index (Phi) is 6.92. The second-order valence-electron chi connectivity index (χ2n) is 7.32. The normalized spacial score (nSPS) is 14.5. The highest BCUT2D eigenvalue weighted by atomic mass is 35.5. The van der Waals surface area contributed by atoms with Crippen molar-refractivity contribution < 1.29 is 9.59 Å². The van der Waals surface area contributed by atoms with Gasteiger partial charge in [-0.05, 0) is 47.3 Å². The smallest absolute Gasteiger partial charge is 0.265 e. The van der Waals surface area contributed by atoms with Crippen molar-refractivity contribution in [3.8, 4) is 0 Å². The molecule has 2 amide bonds. The third kappa shape index (κ3) is 5.46. The van der Waals surface area contributed by atoms with Gasteiger partial charge in [0.2, 0.25) is 0 Å². The van der Waals surface area contributed by atoms with E-state index in [1.54, 1.807) is 24.3 Å². The fourth-order valence-electron chi connectivity index (χ4n) is 3.53. The van der Waals surface area contributed by atoms with Crippen LogP contribution < -0.4 is 5.32 Å². The van der Waals surface area contributed by atoms with Gasteiger partial charge in [0.05, 0.1) is 15.6 Å². The maximum Gasteiger partial charge on any atom is 0.265 e. The average Bonchev–Trinajstić information content (AvgIpc) is 3.31. The Balaban J connectivity index is 1.38. The lowest BCUT2D eigenvalue weighted by Gasteiger charge is -2.35.